The molecule has 0 aromatic carbocycles. The normalized spacial score (nSPS) is 29.0. The minimum Gasteiger partial charge on any atom is -0.352 e. The van der Waals surface area contributed by atoms with Crippen LogP contribution in [0, 0.1) is 0 Å². The number of amides is 1. The Morgan fingerprint density at radius 2 is 2.18 bits per heavy atom. The fourth-order valence-corrected chi connectivity index (χ4v) is 2.44. The average molecular weight is 240 g/mol. The molecule has 2 atom stereocenters. The molecule has 1 saturated heterocycles. The zero-order chi connectivity index (χ0) is 12.4. The third kappa shape index (κ3) is 3.18. The van der Waals surface area contributed by atoms with Gasteiger partial charge in [0.1, 0.15) is 0 Å². The maximum atomic E-state index is 12.0. The molecule has 2 fully saturated rings. The summed E-state index contributed by atoms with van der Waals surface area (Å²) in [6.45, 7) is 5.50. The highest BCUT2D eigenvalue weighted by Gasteiger charge is 2.33. The van der Waals surface area contributed by atoms with Crippen molar-refractivity contribution in [2.75, 3.05) is 33.2 Å². The third-order valence-electron chi connectivity index (χ3n) is 3.80. The summed E-state index contributed by atoms with van der Waals surface area (Å²) < 4.78 is 0. The molecule has 98 valence electrons. The van der Waals surface area contributed by atoms with E-state index in [2.05, 4.69) is 22.2 Å². The Balaban J connectivity index is 1.91. The minimum absolute atomic E-state index is 0.0575. The van der Waals surface area contributed by atoms with Gasteiger partial charge in [-0.05, 0) is 26.8 Å². The van der Waals surface area contributed by atoms with E-state index < -0.39 is 0 Å². The second kappa shape index (κ2) is 5.33. The molecule has 2 rings (SSSR count). The average Bonchev–Trinajstić information content (AvgIpc) is 3.11. The molecular weight excluding hydrogens is 216 g/mol. The summed E-state index contributed by atoms with van der Waals surface area (Å²) in [6, 6.07) is 0.681. The molecule has 0 spiro atoms. The number of piperazine rings is 1. The van der Waals surface area contributed by atoms with Crippen LogP contribution in [0.1, 0.15) is 19.8 Å². The molecule has 1 aliphatic heterocycles. The first-order valence-corrected chi connectivity index (χ1v) is 6.56. The van der Waals surface area contributed by atoms with Gasteiger partial charge in [0.15, 0.2) is 0 Å². The predicted molar refractivity (Wildman–Crippen MR) is 67.7 cm³/mol. The highest BCUT2D eigenvalue weighted by atomic mass is 16.2. The first kappa shape index (κ1) is 12.8. The highest BCUT2D eigenvalue weighted by Crippen LogP contribution is 2.19. The summed E-state index contributed by atoms with van der Waals surface area (Å²) in [6.07, 6.45) is 2.28. The van der Waals surface area contributed by atoms with Crippen LogP contribution < -0.4 is 11.1 Å². The van der Waals surface area contributed by atoms with Crippen LogP contribution in [0.2, 0.25) is 0 Å². The van der Waals surface area contributed by atoms with Crippen molar-refractivity contribution in [2.24, 2.45) is 5.73 Å². The van der Waals surface area contributed by atoms with E-state index in [1.807, 2.05) is 6.92 Å². The van der Waals surface area contributed by atoms with Crippen LogP contribution in [0.15, 0.2) is 0 Å². The summed E-state index contributed by atoms with van der Waals surface area (Å²) >= 11 is 0. The number of nitrogens with zero attached hydrogens (tertiary/aromatic N) is 2. The zero-order valence-electron chi connectivity index (χ0n) is 10.9. The van der Waals surface area contributed by atoms with Gasteiger partial charge in [0, 0.05) is 38.3 Å². The largest absolute Gasteiger partial charge is 0.352 e. The Labute approximate surface area is 103 Å². The molecule has 0 bridgehead atoms. The lowest BCUT2D eigenvalue weighted by Crippen LogP contribution is -2.60. The van der Waals surface area contributed by atoms with E-state index in [1.54, 1.807) is 0 Å². The van der Waals surface area contributed by atoms with Gasteiger partial charge < -0.3 is 16.0 Å². The molecule has 0 radical (unpaired) electrons. The zero-order valence-corrected chi connectivity index (χ0v) is 10.9. The van der Waals surface area contributed by atoms with Crippen LogP contribution in [-0.4, -0.2) is 67.1 Å². The number of rotatable bonds is 4. The van der Waals surface area contributed by atoms with E-state index in [0.29, 0.717) is 18.6 Å². The molecule has 0 aromatic rings. The summed E-state index contributed by atoms with van der Waals surface area (Å²) in [5.41, 5.74) is 5.81. The van der Waals surface area contributed by atoms with E-state index >= 15 is 0 Å². The van der Waals surface area contributed by atoms with Crippen molar-refractivity contribution < 1.29 is 4.79 Å². The van der Waals surface area contributed by atoms with E-state index in [4.69, 9.17) is 5.73 Å². The van der Waals surface area contributed by atoms with E-state index in [0.717, 1.165) is 32.5 Å². The molecule has 5 nitrogen and oxygen atoms in total. The molecule has 1 saturated carbocycles. The molecule has 5 heteroatoms. The second-order valence-corrected chi connectivity index (χ2v) is 5.35. The van der Waals surface area contributed by atoms with Crippen LogP contribution in [0.3, 0.4) is 0 Å². The van der Waals surface area contributed by atoms with Crippen LogP contribution in [0.4, 0.5) is 0 Å². The first-order chi connectivity index (χ1) is 8.11. The van der Waals surface area contributed by atoms with Crippen molar-refractivity contribution in [3.8, 4) is 0 Å². The Morgan fingerprint density at radius 1 is 1.47 bits per heavy atom. The fraction of sp³-hybridized carbons (Fsp3) is 0.917. The van der Waals surface area contributed by atoms with Crippen molar-refractivity contribution in [3.63, 3.8) is 0 Å². The van der Waals surface area contributed by atoms with E-state index in [9.17, 15) is 4.79 Å². The summed E-state index contributed by atoms with van der Waals surface area (Å²) in [7, 11) is 2.11. The summed E-state index contributed by atoms with van der Waals surface area (Å²) in [5, 5.41) is 3.07. The first-order valence-electron chi connectivity index (χ1n) is 6.56. The lowest BCUT2D eigenvalue weighted by molar-refractivity contribution is -0.127. The smallest absolute Gasteiger partial charge is 0.237 e. The number of likely N-dealkylation sites (N-methyl/N-ethyl adjacent to an activating group) is 1. The molecule has 2 aliphatic rings. The Bertz CT molecular complexity index is 280. The van der Waals surface area contributed by atoms with Gasteiger partial charge in [-0.15, -0.1) is 0 Å². The van der Waals surface area contributed by atoms with Gasteiger partial charge >= 0.3 is 0 Å². The maximum absolute atomic E-state index is 12.0. The van der Waals surface area contributed by atoms with E-state index in [-0.39, 0.29) is 11.9 Å². The molecule has 1 heterocycles. The molecule has 17 heavy (non-hydrogen) atoms. The van der Waals surface area contributed by atoms with E-state index in [1.165, 1.54) is 0 Å². The third-order valence-corrected chi connectivity index (χ3v) is 3.80. The minimum atomic E-state index is -0.0575. The van der Waals surface area contributed by atoms with Crippen molar-refractivity contribution in [1.29, 1.82) is 0 Å². The SMILES string of the molecule is CC(C(=O)NC1CC1)N1CCN(C)CC1CN. The fourth-order valence-electron chi connectivity index (χ4n) is 2.44. The lowest BCUT2D eigenvalue weighted by atomic mass is 10.1. The monoisotopic (exact) mass is 240 g/mol. The number of hydrogen-bond acceptors (Lipinski definition) is 4. The standard InChI is InChI=1S/C12H24N4O/c1-9(12(17)14-10-3-4-10)16-6-5-15(2)8-11(16)7-13/h9-11H,3-8,13H2,1-2H3,(H,14,17). The van der Waals surface area contributed by atoms with Gasteiger partial charge in [-0.25, -0.2) is 0 Å². The predicted octanol–water partition coefficient (Wildman–Crippen LogP) is -0.772. The van der Waals surface area contributed by atoms with Gasteiger partial charge in [-0.1, -0.05) is 0 Å². The van der Waals surface area contributed by atoms with Crippen LogP contribution in [0.5, 0.6) is 0 Å². The van der Waals surface area contributed by atoms with Crippen LogP contribution >= 0.6 is 0 Å². The Morgan fingerprint density at radius 3 is 2.76 bits per heavy atom. The van der Waals surface area contributed by atoms with Crippen molar-refractivity contribution in [1.82, 2.24) is 15.1 Å². The van der Waals surface area contributed by atoms with Crippen molar-refractivity contribution in [3.05, 3.63) is 0 Å². The Hall–Kier alpha value is -0.650. The molecule has 1 amide bonds. The quantitative estimate of drug-likeness (QED) is 0.677. The lowest BCUT2D eigenvalue weighted by Gasteiger charge is -2.42. The van der Waals surface area contributed by atoms with Gasteiger partial charge in [0.05, 0.1) is 6.04 Å². The van der Waals surface area contributed by atoms with Gasteiger partial charge in [-0.3, -0.25) is 9.69 Å². The van der Waals surface area contributed by atoms with Crippen LogP contribution in [0.25, 0.3) is 0 Å². The topological polar surface area (TPSA) is 61.6 Å². The molecule has 0 aromatic heterocycles. The Kier molecular flexibility index (Phi) is 4.01. The molecular formula is C12H24N4O. The van der Waals surface area contributed by atoms with Gasteiger partial charge in [-0.2, -0.15) is 0 Å². The molecule has 3 N–H and O–H groups in total. The molecule has 2 unspecified atom stereocenters. The van der Waals surface area contributed by atoms with Crippen molar-refractivity contribution in [2.45, 2.75) is 37.9 Å². The number of hydrogen-bond donors (Lipinski definition) is 2. The number of nitrogens with one attached hydrogen (secondary N) is 1. The highest BCUT2D eigenvalue weighted by molar-refractivity contribution is 5.81. The number of nitrogens with two attached hydrogens (primary N) is 1. The maximum Gasteiger partial charge on any atom is 0.237 e. The number of carbonyl (C=O) groups excluding carboxylic acids is 1. The number of carbonyl (C=O) groups is 1. The van der Waals surface area contributed by atoms with Crippen molar-refractivity contribution >= 4 is 5.91 Å². The summed E-state index contributed by atoms with van der Waals surface area (Å²) in [5.74, 6) is 0.163. The molecule has 1 aliphatic carbocycles. The van der Waals surface area contributed by atoms with Gasteiger partial charge in [0.2, 0.25) is 5.91 Å². The summed E-state index contributed by atoms with van der Waals surface area (Å²) in [4.78, 5) is 16.6. The second-order valence-electron chi connectivity index (χ2n) is 5.35. The van der Waals surface area contributed by atoms with Gasteiger partial charge in [0.25, 0.3) is 0 Å². The van der Waals surface area contributed by atoms with Crippen LogP contribution in [-0.2, 0) is 4.79 Å².